The molecule has 0 aliphatic heterocycles. The van der Waals surface area contributed by atoms with Crippen molar-refractivity contribution in [1.82, 2.24) is 0 Å². The Balaban J connectivity index is 1.67. The van der Waals surface area contributed by atoms with E-state index in [1.54, 1.807) is 0 Å². The van der Waals surface area contributed by atoms with Crippen LogP contribution >= 0.6 is 0 Å². The molecule has 4 aromatic carbocycles. The summed E-state index contributed by atoms with van der Waals surface area (Å²) in [5.74, 6) is 0. The van der Waals surface area contributed by atoms with Crippen LogP contribution in [0.3, 0.4) is 0 Å². The zero-order chi connectivity index (χ0) is 22.2. The Morgan fingerprint density at radius 2 is 0.906 bits per heavy atom. The van der Waals surface area contributed by atoms with Crippen molar-refractivity contribution in [3.63, 3.8) is 0 Å². The lowest BCUT2D eigenvalue weighted by Gasteiger charge is -2.15. The van der Waals surface area contributed by atoms with Crippen LogP contribution < -0.4 is 0 Å². The van der Waals surface area contributed by atoms with E-state index in [9.17, 15) is 0 Å². The summed E-state index contributed by atoms with van der Waals surface area (Å²) in [6.45, 7) is 5.68. The number of hydrogen-bond donors (Lipinski definition) is 0. The largest absolute Gasteiger partial charge is 0.288 e. The van der Waals surface area contributed by atoms with Crippen LogP contribution in [0.5, 0.6) is 0 Å². The summed E-state index contributed by atoms with van der Waals surface area (Å²) in [6.07, 6.45) is 4.01. The fraction of sp³-hybridized carbons (Fsp3) is 0.133. The van der Waals surface area contributed by atoms with Gasteiger partial charge in [-0.15, -0.1) is 0 Å². The lowest BCUT2D eigenvalue weighted by molar-refractivity contribution is 1.08. The summed E-state index contributed by atoms with van der Waals surface area (Å²) in [5, 5.41) is 0. The van der Waals surface area contributed by atoms with Gasteiger partial charge in [0.2, 0.25) is 0 Å². The van der Waals surface area contributed by atoms with E-state index in [0.717, 1.165) is 11.1 Å². The van der Waals surface area contributed by atoms with Crippen LogP contribution in [-0.4, -0.2) is 12.4 Å². The highest BCUT2D eigenvalue weighted by atomic mass is 14.7. The third kappa shape index (κ3) is 5.28. The standard InChI is InChI=1S/C30H28N2/c1-23-11-9-17-27(21-31-19-25-13-5-3-6-14-25)29(23)30-24(2)12-10-18-28(30)22-32-20-26-15-7-4-8-16-26/h3-18,21-22H,19-20H2,1-2H3. The Bertz CT molecular complexity index is 1120. The monoisotopic (exact) mass is 416 g/mol. The number of benzene rings is 4. The molecule has 32 heavy (non-hydrogen) atoms. The molecule has 0 N–H and O–H groups in total. The quantitative estimate of drug-likeness (QED) is 0.284. The van der Waals surface area contributed by atoms with Crippen molar-refractivity contribution < 1.29 is 0 Å². The molecule has 0 radical (unpaired) electrons. The summed E-state index contributed by atoms with van der Waals surface area (Å²) >= 11 is 0. The van der Waals surface area contributed by atoms with Gasteiger partial charge in [-0.25, -0.2) is 0 Å². The average Bonchev–Trinajstić information content (AvgIpc) is 2.82. The Morgan fingerprint density at radius 1 is 0.500 bits per heavy atom. The molecule has 158 valence electrons. The smallest absolute Gasteiger partial charge is 0.0639 e. The molecule has 4 rings (SSSR count). The molecule has 0 aliphatic rings. The summed E-state index contributed by atoms with van der Waals surface area (Å²) < 4.78 is 0. The number of rotatable bonds is 7. The molecule has 0 unspecified atom stereocenters. The topological polar surface area (TPSA) is 24.7 Å². The fourth-order valence-electron chi connectivity index (χ4n) is 3.94. The first-order valence-electron chi connectivity index (χ1n) is 11.0. The lowest BCUT2D eigenvalue weighted by Crippen LogP contribution is -1.99. The molecule has 0 atom stereocenters. The van der Waals surface area contributed by atoms with Gasteiger partial charge in [-0.1, -0.05) is 97.1 Å². The van der Waals surface area contributed by atoms with Crippen molar-refractivity contribution in [2.24, 2.45) is 9.98 Å². The Kier molecular flexibility index (Phi) is 7.04. The molecule has 4 aromatic rings. The van der Waals surface area contributed by atoms with Crippen LogP contribution in [0.1, 0.15) is 33.4 Å². The summed E-state index contributed by atoms with van der Waals surface area (Å²) in [5.41, 5.74) is 9.61. The molecule has 0 bridgehead atoms. The minimum atomic E-state index is 0.674. The zero-order valence-corrected chi connectivity index (χ0v) is 18.7. The van der Waals surface area contributed by atoms with Crippen molar-refractivity contribution in [3.8, 4) is 11.1 Å². The van der Waals surface area contributed by atoms with E-state index in [1.165, 1.54) is 33.4 Å². The van der Waals surface area contributed by atoms with E-state index in [-0.39, 0.29) is 0 Å². The number of aryl methyl sites for hydroxylation is 2. The van der Waals surface area contributed by atoms with E-state index in [2.05, 4.69) is 98.8 Å². The predicted molar refractivity (Wildman–Crippen MR) is 137 cm³/mol. The third-order valence-electron chi connectivity index (χ3n) is 5.55. The van der Waals surface area contributed by atoms with E-state index in [4.69, 9.17) is 9.98 Å². The minimum Gasteiger partial charge on any atom is -0.288 e. The highest BCUT2D eigenvalue weighted by Gasteiger charge is 2.13. The molecule has 2 nitrogen and oxygen atoms in total. The second kappa shape index (κ2) is 10.5. The normalized spacial score (nSPS) is 11.4. The van der Waals surface area contributed by atoms with Gasteiger partial charge in [0.05, 0.1) is 13.1 Å². The SMILES string of the molecule is Cc1cccc(C=NCc2ccccc2)c1-c1c(C)cccc1C=NCc1ccccc1. The molecule has 0 aliphatic carbocycles. The number of nitrogens with zero attached hydrogens (tertiary/aromatic N) is 2. The van der Waals surface area contributed by atoms with Crippen molar-refractivity contribution in [2.45, 2.75) is 26.9 Å². The van der Waals surface area contributed by atoms with Crippen LogP contribution in [0.2, 0.25) is 0 Å². The van der Waals surface area contributed by atoms with Crippen molar-refractivity contribution in [2.75, 3.05) is 0 Å². The van der Waals surface area contributed by atoms with Gasteiger partial charge in [0.25, 0.3) is 0 Å². The maximum Gasteiger partial charge on any atom is 0.0639 e. The highest BCUT2D eigenvalue weighted by molar-refractivity contribution is 5.99. The average molecular weight is 417 g/mol. The van der Waals surface area contributed by atoms with E-state index in [1.807, 2.05) is 24.6 Å². The molecule has 0 amide bonds. The van der Waals surface area contributed by atoms with E-state index < -0.39 is 0 Å². The van der Waals surface area contributed by atoms with Gasteiger partial charge in [-0.05, 0) is 47.2 Å². The lowest BCUT2D eigenvalue weighted by atomic mass is 9.89. The Labute approximate surface area is 191 Å². The van der Waals surface area contributed by atoms with Gasteiger partial charge in [-0.3, -0.25) is 9.98 Å². The maximum atomic E-state index is 4.74. The van der Waals surface area contributed by atoms with Gasteiger partial charge in [0.15, 0.2) is 0 Å². The Hall–Kier alpha value is -3.78. The second-order valence-electron chi connectivity index (χ2n) is 7.99. The maximum absolute atomic E-state index is 4.74. The first kappa shape index (κ1) is 21.5. The van der Waals surface area contributed by atoms with Crippen LogP contribution in [-0.2, 0) is 13.1 Å². The summed E-state index contributed by atoms with van der Waals surface area (Å²) in [7, 11) is 0. The fourth-order valence-corrected chi connectivity index (χ4v) is 3.94. The molecule has 2 heteroatoms. The molecule has 0 spiro atoms. The molecule has 0 heterocycles. The number of hydrogen-bond acceptors (Lipinski definition) is 2. The molecular weight excluding hydrogens is 388 g/mol. The highest BCUT2D eigenvalue weighted by Crippen LogP contribution is 2.32. The van der Waals surface area contributed by atoms with Crippen molar-refractivity contribution in [1.29, 1.82) is 0 Å². The predicted octanol–water partition coefficient (Wildman–Crippen LogP) is 7.21. The first-order chi connectivity index (χ1) is 15.7. The van der Waals surface area contributed by atoms with Crippen LogP contribution in [0.4, 0.5) is 0 Å². The minimum absolute atomic E-state index is 0.674. The summed E-state index contributed by atoms with van der Waals surface area (Å²) in [4.78, 5) is 9.48. The van der Waals surface area contributed by atoms with Gasteiger partial charge in [-0.2, -0.15) is 0 Å². The van der Waals surface area contributed by atoms with Crippen molar-refractivity contribution in [3.05, 3.63) is 130 Å². The third-order valence-corrected chi connectivity index (χ3v) is 5.55. The molecule has 0 fully saturated rings. The summed E-state index contributed by atoms with van der Waals surface area (Å²) in [6, 6.07) is 33.5. The first-order valence-corrected chi connectivity index (χ1v) is 11.0. The Morgan fingerprint density at radius 3 is 1.31 bits per heavy atom. The van der Waals surface area contributed by atoms with Gasteiger partial charge in [0.1, 0.15) is 0 Å². The van der Waals surface area contributed by atoms with Crippen molar-refractivity contribution >= 4 is 12.4 Å². The second-order valence-corrected chi connectivity index (χ2v) is 7.99. The van der Waals surface area contributed by atoms with Crippen LogP contribution in [0, 0.1) is 13.8 Å². The van der Waals surface area contributed by atoms with Gasteiger partial charge < -0.3 is 0 Å². The van der Waals surface area contributed by atoms with E-state index >= 15 is 0 Å². The molecule has 0 saturated heterocycles. The van der Waals surface area contributed by atoms with Gasteiger partial charge >= 0.3 is 0 Å². The molecule has 0 saturated carbocycles. The number of aliphatic imine (C=N–C) groups is 2. The zero-order valence-electron chi connectivity index (χ0n) is 18.7. The molecular formula is C30H28N2. The molecule has 0 aromatic heterocycles. The van der Waals surface area contributed by atoms with Gasteiger partial charge in [0, 0.05) is 23.6 Å². The van der Waals surface area contributed by atoms with E-state index in [0.29, 0.717) is 13.1 Å². The van der Waals surface area contributed by atoms with Crippen LogP contribution in [0.25, 0.3) is 11.1 Å². The van der Waals surface area contributed by atoms with Crippen LogP contribution in [0.15, 0.2) is 107 Å².